The van der Waals surface area contributed by atoms with Gasteiger partial charge in [0.15, 0.2) is 17.2 Å². The highest BCUT2D eigenvalue weighted by molar-refractivity contribution is 6.05. The van der Waals surface area contributed by atoms with E-state index in [0.29, 0.717) is 44.8 Å². The molecule has 10 heteroatoms. The quantitative estimate of drug-likeness (QED) is 0.307. The number of anilines is 1. The molecule has 3 aromatic carbocycles. The van der Waals surface area contributed by atoms with Gasteiger partial charge in [-0.15, -0.1) is 0 Å². The highest BCUT2D eigenvalue weighted by atomic mass is 16.5. The van der Waals surface area contributed by atoms with Gasteiger partial charge in [-0.1, -0.05) is 24.3 Å². The predicted molar refractivity (Wildman–Crippen MR) is 142 cm³/mol. The number of carboxylic acids is 1. The number of primary amides is 1. The number of hydrogen-bond donors (Lipinski definition) is 3. The molecule has 4 N–H and O–H groups in total. The summed E-state index contributed by atoms with van der Waals surface area (Å²) in [5, 5.41) is 17.2. The zero-order chi connectivity index (χ0) is 27.6. The first-order valence-corrected chi connectivity index (χ1v) is 11.7. The maximum atomic E-state index is 12.9. The number of rotatable bonds is 9. The van der Waals surface area contributed by atoms with Gasteiger partial charge in [-0.3, -0.25) is 14.3 Å². The van der Waals surface area contributed by atoms with Crippen LogP contribution in [-0.4, -0.2) is 46.9 Å². The molecule has 0 bridgehead atoms. The Hall–Kier alpha value is -4.86. The Morgan fingerprint density at radius 3 is 2.37 bits per heavy atom. The van der Waals surface area contributed by atoms with Crippen LogP contribution in [0.2, 0.25) is 0 Å². The number of nitrogens with two attached hydrogens (primary N) is 1. The number of para-hydroxylation sites is 1. The Morgan fingerprint density at radius 2 is 1.74 bits per heavy atom. The molecular weight excluding hydrogens is 488 g/mol. The van der Waals surface area contributed by atoms with Crippen LogP contribution in [0.3, 0.4) is 0 Å². The van der Waals surface area contributed by atoms with Gasteiger partial charge in [-0.25, -0.2) is 4.79 Å². The molecule has 10 nitrogen and oxygen atoms in total. The SMILES string of the molecule is COc1ccc(C(=O)Nc2ccc(C(C)(Cn3nc(C(=O)O)c4ccccc43)C(N)=O)c(C)c2)cc1OC. The van der Waals surface area contributed by atoms with Gasteiger partial charge in [0.1, 0.15) is 0 Å². The van der Waals surface area contributed by atoms with E-state index in [1.54, 1.807) is 67.6 Å². The Bertz CT molecular complexity index is 1560. The van der Waals surface area contributed by atoms with Crippen molar-refractivity contribution >= 4 is 34.4 Å². The van der Waals surface area contributed by atoms with Crippen molar-refractivity contribution in [1.29, 1.82) is 0 Å². The molecule has 2 amide bonds. The molecular formula is C28H28N4O6. The van der Waals surface area contributed by atoms with E-state index >= 15 is 0 Å². The number of nitrogens with zero attached hydrogens (tertiary/aromatic N) is 2. The molecule has 1 aromatic heterocycles. The molecule has 0 spiro atoms. The Kier molecular flexibility index (Phi) is 7.07. The standard InChI is InChI=1S/C28H28N4O6/c1-16-13-18(30-25(33)17-9-12-22(37-3)23(14-17)38-4)10-11-20(16)28(2,27(29)36)15-32-21-8-6-5-7-19(21)24(31-32)26(34)35/h5-14H,15H2,1-4H3,(H2,29,36)(H,30,33)(H,34,35). The van der Waals surface area contributed by atoms with Crippen molar-refractivity contribution in [2.75, 3.05) is 19.5 Å². The lowest BCUT2D eigenvalue weighted by molar-refractivity contribution is -0.123. The minimum Gasteiger partial charge on any atom is -0.493 e. The molecule has 1 atom stereocenters. The number of aromatic carboxylic acids is 1. The Labute approximate surface area is 219 Å². The molecule has 0 aliphatic rings. The highest BCUT2D eigenvalue weighted by Gasteiger charge is 2.36. The molecule has 0 fully saturated rings. The van der Waals surface area contributed by atoms with E-state index in [0.717, 1.165) is 0 Å². The minimum absolute atomic E-state index is 0.0221. The maximum Gasteiger partial charge on any atom is 0.357 e. The largest absolute Gasteiger partial charge is 0.493 e. The van der Waals surface area contributed by atoms with Crippen molar-refractivity contribution in [2.24, 2.45) is 5.73 Å². The molecule has 0 saturated carbocycles. The van der Waals surface area contributed by atoms with Crippen LogP contribution >= 0.6 is 0 Å². The fraction of sp³-hybridized carbons (Fsp3) is 0.214. The fourth-order valence-electron chi connectivity index (χ4n) is 4.54. The zero-order valence-corrected chi connectivity index (χ0v) is 21.4. The molecule has 196 valence electrons. The van der Waals surface area contributed by atoms with Crippen molar-refractivity contribution in [1.82, 2.24) is 9.78 Å². The number of carbonyl (C=O) groups is 3. The van der Waals surface area contributed by atoms with Crippen LogP contribution in [0, 0.1) is 6.92 Å². The number of aromatic nitrogens is 2. The number of carboxylic acid groups (broad SMARTS) is 1. The third kappa shape index (κ3) is 4.75. The maximum absolute atomic E-state index is 12.9. The number of benzene rings is 3. The predicted octanol–water partition coefficient (Wildman–Crippen LogP) is 3.76. The van der Waals surface area contributed by atoms with E-state index in [4.69, 9.17) is 15.2 Å². The van der Waals surface area contributed by atoms with Crippen LogP contribution in [0.5, 0.6) is 11.5 Å². The molecule has 38 heavy (non-hydrogen) atoms. The van der Waals surface area contributed by atoms with Crippen LogP contribution in [0.15, 0.2) is 60.7 Å². The number of fused-ring (bicyclic) bond motifs is 1. The summed E-state index contributed by atoms with van der Waals surface area (Å²) in [6, 6.07) is 16.9. The first kappa shape index (κ1) is 26.2. The van der Waals surface area contributed by atoms with Crippen molar-refractivity contribution in [3.63, 3.8) is 0 Å². The zero-order valence-electron chi connectivity index (χ0n) is 21.4. The summed E-state index contributed by atoms with van der Waals surface area (Å²) in [5.41, 5.74) is 7.39. The second-order valence-corrected chi connectivity index (χ2v) is 9.08. The number of ether oxygens (including phenoxy) is 2. The van der Waals surface area contributed by atoms with Gasteiger partial charge in [-0.2, -0.15) is 5.10 Å². The molecule has 0 aliphatic heterocycles. The van der Waals surface area contributed by atoms with Gasteiger partial charge < -0.3 is 25.6 Å². The molecule has 1 heterocycles. The second-order valence-electron chi connectivity index (χ2n) is 9.08. The van der Waals surface area contributed by atoms with Crippen molar-refractivity contribution < 1.29 is 29.0 Å². The number of carbonyl (C=O) groups excluding carboxylic acids is 2. The van der Waals surface area contributed by atoms with Gasteiger partial charge in [0, 0.05) is 16.6 Å². The summed E-state index contributed by atoms with van der Waals surface area (Å²) in [6.07, 6.45) is 0. The third-order valence-electron chi connectivity index (χ3n) is 6.59. The average Bonchev–Trinajstić information content (AvgIpc) is 3.26. The summed E-state index contributed by atoms with van der Waals surface area (Å²) < 4.78 is 12.0. The van der Waals surface area contributed by atoms with E-state index in [9.17, 15) is 19.5 Å². The Morgan fingerprint density at radius 1 is 1.03 bits per heavy atom. The third-order valence-corrected chi connectivity index (χ3v) is 6.59. The van der Waals surface area contributed by atoms with E-state index in [1.807, 2.05) is 6.92 Å². The summed E-state index contributed by atoms with van der Waals surface area (Å²) in [4.78, 5) is 37.4. The highest BCUT2D eigenvalue weighted by Crippen LogP contribution is 2.33. The van der Waals surface area contributed by atoms with Gasteiger partial charge in [-0.05, 0) is 61.4 Å². The molecule has 0 saturated heterocycles. The Balaban J connectivity index is 1.65. The minimum atomic E-state index is -1.22. The average molecular weight is 517 g/mol. The van der Waals surface area contributed by atoms with Crippen molar-refractivity contribution in [2.45, 2.75) is 25.8 Å². The first-order valence-electron chi connectivity index (χ1n) is 11.7. The lowest BCUT2D eigenvalue weighted by Gasteiger charge is -2.29. The number of hydrogen-bond acceptors (Lipinski definition) is 6. The molecule has 4 aromatic rings. The molecule has 0 radical (unpaired) electrons. The summed E-state index contributed by atoms with van der Waals surface area (Å²) in [6.45, 7) is 3.53. The van der Waals surface area contributed by atoms with Crippen molar-refractivity contribution in [3.8, 4) is 11.5 Å². The molecule has 1 unspecified atom stereocenters. The van der Waals surface area contributed by atoms with Gasteiger partial charge in [0.25, 0.3) is 5.91 Å². The van der Waals surface area contributed by atoms with E-state index < -0.39 is 17.3 Å². The number of amides is 2. The van der Waals surface area contributed by atoms with Crippen LogP contribution in [-0.2, 0) is 16.8 Å². The van der Waals surface area contributed by atoms with Crippen LogP contribution in [0.4, 0.5) is 5.69 Å². The summed E-state index contributed by atoms with van der Waals surface area (Å²) in [7, 11) is 3.01. The van der Waals surface area contributed by atoms with Crippen LogP contribution < -0.4 is 20.5 Å². The van der Waals surface area contributed by atoms with Crippen molar-refractivity contribution in [3.05, 3.63) is 83.0 Å². The summed E-state index contributed by atoms with van der Waals surface area (Å²) >= 11 is 0. The van der Waals surface area contributed by atoms with E-state index in [1.165, 1.54) is 18.9 Å². The van der Waals surface area contributed by atoms with Crippen LogP contribution in [0.25, 0.3) is 10.9 Å². The smallest absolute Gasteiger partial charge is 0.357 e. The van der Waals surface area contributed by atoms with Gasteiger partial charge in [0.2, 0.25) is 5.91 Å². The molecule has 4 rings (SSSR count). The van der Waals surface area contributed by atoms with E-state index in [2.05, 4.69) is 10.4 Å². The van der Waals surface area contributed by atoms with E-state index in [-0.39, 0.29) is 18.1 Å². The van der Waals surface area contributed by atoms with Gasteiger partial charge in [0.05, 0.1) is 31.7 Å². The lowest BCUT2D eigenvalue weighted by atomic mass is 9.79. The normalized spacial score (nSPS) is 12.5. The number of methoxy groups -OCH3 is 2. The number of aryl methyl sites for hydroxylation is 1. The van der Waals surface area contributed by atoms with Crippen LogP contribution in [0.1, 0.15) is 38.9 Å². The summed E-state index contributed by atoms with van der Waals surface area (Å²) in [5.74, 6) is -1.16. The second kappa shape index (κ2) is 10.3. The number of nitrogens with one attached hydrogen (secondary N) is 1. The lowest BCUT2D eigenvalue weighted by Crippen LogP contribution is -2.43. The topological polar surface area (TPSA) is 146 Å². The molecule has 0 aliphatic carbocycles. The first-order chi connectivity index (χ1) is 18.1. The van der Waals surface area contributed by atoms with Gasteiger partial charge >= 0.3 is 5.97 Å². The fourth-order valence-corrected chi connectivity index (χ4v) is 4.54. The monoisotopic (exact) mass is 516 g/mol.